The van der Waals surface area contributed by atoms with Gasteiger partial charge < -0.3 is 19.6 Å². The number of nitrogens with zero attached hydrogens (tertiary/aromatic N) is 4. The minimum absolute atomic E-state index is 0.883. The van der Waals surface area contributed by atoms with Crippen LogP contribution in [0.5, 0.6) is 0 Å². The van der Waals surface area contributed by atoms with Crippen molar-refractivity contribution in [1.82, 2.24) is 19.6 Å². The van der Waals surface area contributed by atoms with Gasteiger partial charge in [-0.15, -0.1) is 0 Å². The molecule has 23 heavy (non-hydrogen) atoms. The fraction of sp³-hybridized carbons (Fsp3) is 1.00. The lowest BCUT2D eigenvalue weighted by atomic mass is 9.93. The van der Waals surface area contributed by atoms with Crippen LogP contribution in [0.2, 0.25) is 0 Å². The molecule has 0 aromatic heterocycles. The molecule has 0 bridgehead atoms. The third kappa shape index (κ3) is 3.76. The van der Waals surface area contributed by atoms with Crippen LogP contribution < -0.4 is 0 Å². The van der Waals surface area contributed by atoms with Gasteiger partial charge in [-0.2, -0.15) is 0 Å². The molecular formula is C19H36N4. The van der Waals surface area contributed by atoms with Crippen LogP contribution in [0.15, 0.2) is 0 Å². The molecule has 4 rings (SSSR count). The zero-order valence-electron chi connectivity index (χ0n) is 15.3. The Kier molecular flexibility index (Phi) is 4.96. The fourth-order valence-corrected chi connectivity index (χ4v) is 5.70. The van der Waals surface area contributed by atoms with Crippen molar-refractivity contribution < 1.29 is 0 Å². The minimum Gasteiger partial charge on any atom is -0.306 e. The van der Waals surface area contributed by atoms with Crippen molar-refractivity contribution in [3.8, 4) is 0 Å². The average molecular weight is 321 g/mol. The van der Waals surface area contributed by atoms with Gasteiger partial charge in [0.05, 0.1) is 0 Å². The first-order valence-electron chi connectivity index (χ1n) is 10.0. The van der Waals surface area contributed by atoms with Gasteiger partial charge in [0.2, 0.25) is 0 Å². The van der Waals surface area contributed by atoms with E-state index in [-0.39, 0.29) is 0 Å². The van der Waals surface area contributed by atoms with E-state index in [0.29, 0.717) is 0 Å². The van der Waals surface area contributed by atoms with Crippen LogP contribution >= 0.6 is 0 Å². The van der Waals surface area contributed by atoms with E-state index in [2.05, 4.69) is 33.7 Å². The highest BCUT2D eigenvalue weighted by Crippen LogP contribution is 2.32. The van der Waals surface area contributed by atoms with Crippen molar-refractivity contribution in [2.75, 3.05) is 73.0 Å². The summed E-state index contributed by atoms with van der Waals surface area (Å²) in [4.78, 5) is 10.6. The minimum atomic E-state index is 0.883. The monoisotopic (exact) mass is 320 g/mol. The largest absolute Gasteiger partial charge is 0.306 e. The number of hydrogen-bond donors (Lipinski definition) is 0. The summed E-state index contributed by atoms with van der Waals surface area (Å²) >= 11 is 0. The van der Waals surface area contributed by atoms with Crippen LogP contribution in [-0.2, 0) is 0 Å². The molecule has 0 aromatic rings. The summed E-state index contributed by atoms with van der Waals surface area (Å²) in [5.41, 5.74) is 0. The van der Waals surface area contributed by atoms with Crippen LogP contribution in [0, 0.1) is 17.8 Å². The second-order valence-electron chi connectivity index (χ2n) is 8.97. The van der Waals surface area contributed by atoms with Gasteiger partial charge >= 0.3 is 0 Å². The smallest absolute Gasteiger partial charge is 0.0120 e. The number of hydrogen-bond acceptors (Lipinski definition) is 4. The molecule has 0 aromatic carbocycles. The van der Waals surface area contributed by atoms with Crippen LogP contribution in [0.1, 0.15) is 25.7 Å². The van der Waals surface area contributed by atoms with E-state index in [0.717, 1.165) is 23.8 Å². The Labute approximate surface area is 142 Å². The Balaban J connectivity index is 1.19. The van der Waals surface area contributed by atoms with Gasteiger partial charge in [0.1, 0.15) is 0 Å². The molecule has 0 radical (unpaired) electrons. The highest BCUT2D eigenvalue weighted by Gasteiger charge is 2.39. The summed E-state index contributed by atoms with van der Waals surface area (Å²) in [6.45, 7) is 12.2. The van der Waals surface area contributed by atoms with E-state index < -0.39 is 0 Å². The number of fused-ring (bicyclic) bond motifs is 1. The molecule has 4 aliphatic rings. The molecule has 2 unspecified atom stereocenters. The lowest BCUT2D eigenvalue weighted by Crippen LogP contribution is -2.48. The number of likely N-dealkylation sites (tertiary alicyclic amines) is 4. The highest BCUT2D eigenvalue weighted by atomic mass is 15.2. The summed E-state index contributed by atoms with van der Waals surface area (Å²) in [6, 6.07) is 0.883. The van der Waals surface area contributed by atoms with Crippen molar-refractivity contribution in [1.29, 1.82) is 0 Å². The number of piperidine rings is 2. The predicted octanol–water partition coefficient (Wildman–Crippen LogP) is 1.29. The average Bonchev–Trinajstić information content (AvgIpc) is 3.05. The first-order chi connectivity index (χ1) is 11.2. The molecular weight excluding hydrogens is 284 g/mol. The van der Waals surface area contributed by atoms with E-state index in [9.17, 15) is 0 Å². The molecule has 4 nitrogen and oxygen atoms in total. The summed E-state index contributed by atoms with van der Waals surface area (Å²) in [7, 11) is 4.56. The van der Waals surface area contributed by atoms with Crippen molar-refractivity contribution in [3.05, 3.63) is 0 Å². The second-order valence-corrected chi connectivity index (χ2v) is 8.97. The normalized spacial score (nSPS) is 36.8. The lowest BCUT2D eigenvalue weighted by molar-refractivity contribution is 0.0763. The molecule has 4 fully saturated rings. The van der Waals surface area contributed by atoms with Crippen molar-refractivity contribution >= 4 is 0 Å². The molecule has 0 amide bonds. The van der Waals surface area contributed by atoms with E-state index in [1.165, 1.54) is 84.6 Å². The van der Waals surface area contributed by atoms with Crippen molar-refractivity contribution in [2.45, 2.75) is 31.7 Å². The molecule has 0 aliphatic carbocycles. The first kappa shape index (κ1) is 16.3. The summed E-state index contributed by atoms with van der Waals surface area (Å²) < 4.78 is 0. The maximum atomic E-state index is 2.82. The maximum Gasteiger partial charge on any atom is 0.0120 e. The molecule has 0 saturated carbocycles. The summed E-state index contributed by atoms with van der Waals surface area (Å²) in [5.74, 6) is 2.91. The second kappa shape index (κ2) is 6.99. The third-order valence-electron chi connectivity index (χ3n) is 7.11. The van der Waals surface area contributed by atoms with Gasteiger partial charge in [-0.3, -0.25) is 0 Å². The van der Waals surface area contributed by atoms with Crippen LogP contribution in [0.4, 0.5) is 0 Å². The summed E-state index contributed by atoms with van der Waals surface area (Å²) in [5, 5.41) is 0. The lowest BCUT2D eigenvalue weighted by Gasteiger charge is -2.41. The molecule has 4 heterocycles. The van der Waals surface area contributed by atoms with Crippen LogP contribution in [0.3, 0.4) is 0 Å². The van der Waals surface area contributed by atoms with E-state index in [4.69, 9.17) is 0 Å². The van der Waals surface area contributed by atoms with Crippen molar-refractivity contribution in [3.63, 3.8) is 0 Å². The molecule has 132 valence electrons. The topological polar surface area (TPSA) is 13.0 Å². The highest BCUT2D eigenvalue weighted by molar-refractivity contribution is 4.93. The molecule has 4 saturated heterocycles. The molecule has 4 heteroatoms. The Hall–Kier alpha value is -0.160. The molecule has 4 aliphatic heterocycles. The van der Waals surface area contributed by atoms with Gasteiger partial charge in [0.15, 0.2) is 0 Å². The Morgan fingerprint density at radius 1 is 0.696 bits per heavy atom. The third-order valence-corrected chi connectivity index (χ3v) is 7.11. The number of rotatable bonds is 3. The fourth-order valence-electron chi connectivity index (χ4n) is 5.70. The maximum absolute atomic E-state index is 2.82. The van der Waals surface area contributed by atoms with Gasteiger partial charge in [-0.05, 0) is 83.7 Å². The molecule has 0 N–H and O–H groups in total. The first-order valence-corrected chi connectivity index (χ1v) is 10.0. The SMILES string of the molecule is CN1CCC(N2CCC(CN3CC4CN(C)CC4C3)CC2)CC1. The standard InChI is InChI=1S/C19H36N4/c1-20-7-5-19(6-8-20)23-9-3-16(4-10-23)11-22-14-17-12-21(2)13-18(17)15-22/h16-19H,3-15H2,1-2H3. The van der Waals surface area contributed by atoms with Gasteiger partial charge in [-0.25, -0.2) is 0 Å². The van der Waals surface area contributed by atoms with E-state index >= 15 is 0 Å². The van der Waals surface area contributed by atoms with Crippen molar-refractivity contribution in [2.24, 2.45) is 17.8 Å². The molecule has 0 spiro atoms. The van der Waals surface area contributed by atoms with Gasteiger partial charge in [0.25, 0.3) is 0 Å². The Morgan fingerprint density at radius 3 is 1.91 bits per heavy atom. The zero-order valence-corrected chi connectivity index (χ0v) is 15.3. The summed E-state index contributed by atoms with van der Waals surface area (Å²) in [6.07, 6.45) is 5.67. The van der Waals surface area contributed by atoms with Gasteiger partial charge in [-0.1, -0.05) is 0 Å². The van der Waals surface area contributed by atoms with E-state index in [1.54, 1.807) is 0 Å². The Morgan fingerprint density at radius 2 is 1.30 bits per heavy atom. The molecule has 2 atom stereocenters. The quantitative estimate of drug-likeness (QED) is 0.777. The van der Waals surface area contributed by atoms with E-state index in [1.807, 2.05) is 0 Å². The van der Waals surface area contributed by atoms with Crippen LogP contribution in [-0.4, -0.2) is 98.6 Å². The zero-order chi connectivity index (χ0) is 15.8. The van der Waals surface area contributed by atoms with Gasteiger partial charge in [0, 0.05) is 38.8 Å². The van der Waals surface area contributed by atoms with Crippen LogP contribution in [0.25, 0.3) is 0 Å². The predicted molar refractivity (Wildman–Crippen MR) is 95.7 cm³/mol. The Bertz CT molecular complexity index is 371.